The van der Waals surface area contributed by atoms with Crippen molar-refractivity contribution in [2.45, 2.75) is 32.2 Å². The molecule has 0 aliphatic carbocycles. The van der Waals surface area contributed by atoms with Gasteiger partial charge >= 0.3 is 5.97 Å². The van der Waals surface area contributed by atoms with Crippen LogP contribution in [0.2, 0.25) is 0 Å². The Bertz CT molecular complexity index is 761. The number of nitrogens with zero attached hydrogens (tertiary/aromatic N) is 1. The minimum absolute atomic E-state index is 0.0109. The Labute approximate surface area is 177 Å². The van der Waals surface area contributed by atoms with Crippen molar-refractivity contribution in [3.05, 3.63) is 12.2 Å². The van der Waals surface area contributed by atoms with Crippen molar-refractivity contribution in [2.24, 2.45) is 0 Å². The van der Waals surface area contributed by atoms with E-state index in [2.05, 4.69) is 21.3 Å². The smallest absolute Gasteiger partial charge is 0.305 e. The van der Waals surface area contributed by atoms with E-state index in [-0.39, 0.29) is 38.9 Å². The third kappa shape index (κ3) is 10.0. The van der Waals surface area contributed by atoms with Gasteiger partial charge in [0.2, 0.25) is 23.6 Å². The Balaban J connectivity index is 2.15. The molecule has 0 fully saturated rings. The molecule has 1 rings (SSSR count). The Morgan fingerprint density at radius 3 is 1.74 bits per heavy atom. The number of carboxylic acid groups (broad SMARTS) is 1. The molecule has 0 radical (unpaired) electrons. The molecule has 0 aromatic rings. The standard InChI is InChI=1S/C18H25N5O8/c1-11(23-16(28)4-5-17(23)29)2-3-12(24)20-9-14(26)22-10-15(27)21-8-13(25)19-7-6-18(30)31/h4-5,11H,2-3,6-10H2,1H3,(H,19,25)(H,20,24)(H,21,27)(H,22,26)(H,30,31). The highest BCUT2D eigenvalue weighted by atomic mass is 16.4. The van der Waals surface area contributed by atoms with Crippen LogP contribution in [0.3, 0.4) is 0 Å². The van der Waals surface area contributed by atoms with E-state index < -0.39 is 54.0 Å². The second-order valence-corrected chi connectivity index (χ2v) is 6.59. The lowest BCUT2D eigenvalue weighted by atomic mass is 10.1. The van der Waals surface area contributed by atoms with Crippen LogP contribution in [0.5, 0.6) is 0 Å². The first kappa shape index (κ1) is 25.3. The summed E-state index contributed by atoms with van der Waals surface area (Å²) in [7, 11) is 0. The highest BCUT2D eigenvalue weighted by Crippen LogP contribution is 2.13. The van der Waals surface area contributed by atoms with Crippen molar-refractivity contribution in [1.29, 1.82) is 0 Å². The first-order valence-electron chi connectivity index (χ1n) is 9.44. The van der Waals surface area contributed by atoms with Gasteiger partial charge in [-0.2, -0.15) is 0 Å². The zero-order valence-corrected chi connectivity index (χ0v) is 16.9. The maximum absolute atomic E-state index is 11.8. The van der Waals surface area contributed by atoms with Gasteiger partial charge in [0.1, 0.15) is 0 Å². The van der Waals surface area contributed by atoms with E-state index in [1.54, 1.807) is 6.92 Å². The summed E-state index contributed by atoms with van der Waals surface area (Å²) in [4.78, 5) is 80.9. The Morgan fingerprint density at radius 1 is 0.806 bits per heavy atom. The lowest BCUT2D eigenvalue weighted by molar-refractivity contribution is -0.140. The number of rotatable bonds is 13. The summed E-state index contributed by atoms with van der Waals surface area (Å²) in [5, 5.41) is 17.6. The number of carbonyl (C=O) groups excluding carboxylic acids is 6. The topological polar surface area (TPSA) is 191 Å². The summed E-state index contributed by atoms with van der Waals surface area (Å²) in [5.41, 5.74) is 0. The maximum atomic E-state index is 11.8. The highest BCUT2D eigenvalue weighted by Gasteiger charge is 2.28. The van der Waals surface area contributed by atoms with Crippen molar-refractivity contribution in [3.63, 3.8) is 0 Å². The second-order valence-electron chi connectivity index (χ2n) is 6.59. The SMILES string of the molecule is CC(CCC(=O)NCC(=O)NCC(=O)NCC(=O)NCCC(=O)O)N1C(=O)C=CC1=O. The monoisotopic (exact) mass is 439 g/mol. The fourth-order valence-electron chi connectivity index (χ4n) is 2.44. The average molecular weight is 439 g/mol. The normalized spacial score (nSPS) is 13.5. The van der Waals surface area contributed by atoms with Crippen LogP contribution < -0.4 is 21.3 Å². The molecule has 1 aliphatic rings. The third-order valence-electron chi connectivity index (χ3n) is 4.07. The maximum Gasteiger partial charge on any atom is 0.305 e. The molecular weight excluding hydrogens is 414 g/mol. The molecule has 0 saturated carbocycles. The molecular formula is C18H25N5O8. The van der Waals surface area contributed by atoms with E-state index in [0.29, 0.717) is 0 Å². The molecule has 1 unspecified atom stereocenters. The Morgan fingerprint density at radius 2 is 1.26 bits per heavy atom. The zero-order valence-electron chi connectivity index (χ0n) is 16.9. The van der Waals surface area contributed by atoms with Crippen LogP contribution in [0.15, 0.2) is 12.2 Å². The fraction of sp³-hybridized carbons (Fsp3) is 0.500. The third-order valence-corrected chi connectivity index (χ3v) is 4.07. The Hall–Kier alpha value is -3.77. The minimum atomic E-state index is -1.07. The molecule has 1 heterocycles. The summed E-state index contributed by atoms with van der Waals surface area (Å²) in [6, 6.07) is -0.473. The molecule has 0 bridgehead atoms. The van der Waals surface area contributed by atoms with E-state index in [4.69, 9.17) is 5.11 Å². The summed E-state index contributed by atoms with van der Waals surface area (Å²) in [6.45, 7) is 0.398. The lowest BCUT2D eigenvalue weighted by Crippen LogP contribution is -2.44. The minimum Gasteiger partial charge on any atom is -0.481 e. The van der Waals surface area contributed by atoms with Crippen LogP contribution in [0, 0.1) is 0 Å². The lowest BCUT2D eigenvalue weighted by Gasteiger charge is -2.22. The molecule has 1 atom stereocenters. The summed E-state index contributed by atoms with van der Waals surface area (Å²) < 4.78 is 0. The van der Waals surface area contributed by atoms with Crippen molar-refractivity contribution >= 4 is 41.4 Å². The van der Waals surface area contributed by atoms with E-state index in [1.807, 2.05) is 0 Å². The van der Waals surface area contributed by atoms with Crippen molar-refractivity contribution in [2.75, 3.05) is 26.2 Å². The number of carboxylic acids is 1. The molecule has 13 heteroatoms. The molecule has 170 valence electrons. The summed E-state index contributed by atoms with van der Waals surface area (Å²) >= 11 is 0. The molecule has 31 heavy (non-hydrogen) atoms. The van der Waals surface area contributed by atoms with Crippen LogP contribution in [0.25, 0.3) is 0 Å². The van der Waals surface area contributed by atoms with Gasteiger partial charge < -0.3 is 26.4 Å². The van der Waals surface area contributed by atoms with Gasteiger partial charge in [0.25, 0.3) is 11.8 Å². The van der Waals surface area contributed by atoms with Crippen LogP contribution in [-0.4, -0.2) is 83.6 Å². The second kappa shape index (κ2) is 12.7. The number of carbonyl (C=O) groups is 7. The summed E-state index contributed by atoms with van der Waals surface area (Å²) in [5.74, 6) is -4.25. The highest BCUT2D eigenvalue weighted by molar-refractivity contribution is 6.13. The first-order valence-corrected chi connectivity index (χ1v) is 9.44. The van der Waals surface area contributed by atoms with Gasteiger partial charge in [-0.3, -0.25) is 38.5 Å². The van der Waals surface area contributed by atoms with E-state index in [1.165, 1.54) is 0 Å². The fourth-order valence-corrected chi connectivity index (χ4v) is 2.44. The van der Waals surface area contributed by atoms with Crippen molar-refractivity contribution in [3.8, 4) is 0 Å². The van der Waals surface area contributed by atoms with Gasteiger partial charge in [0.05, 0.1) is 26.1 Å². The molecule has 0 aromatic heterocycles. The van der Waals surface area contributed by atoms with Gasteiger partial charge in [-0.25, -0.2) is 0 Å². The number of hydrogen-bond acceptors (Lipinski definition) is 7. The number of hydrogen-bond donors (Lipinski definition) is 5. The van der Waals surface area contributed by atoms with Gasteiger partial charge in [0, 0.05) is 31.2 Å². The number of aliphatic carboxylic acids is 1. The largest absolute Gasteiger partial charge is 0.481 e. The van der Waals surface area contributed by atoms with E-state index in [0.717, 1.165) is 17.1 Å². The predicted octanol–water partition coefficient (Wildman–Crippen LogP) is -2.98. The van der Waals surface area contributed by atoms with E-state index >= 15 is 0 Å². The molecule has 0 aromatic carbocycles. The molecule has 0 saturated heterocycles. The van der Waals surface area contributed by atoms with Gasteiger partial charge in [0.15, 0.2) is 0 Å². The van der Waals surface area contributed by atoms with Crippen molar-refractivity contribution < 1.29 is 38.7 Å². The molecule has 1 aliphatic heterocycles. The van der Waals surface area contributed by atoms with Crippen LogP contribution in [0.1, 0.15) is 26.2 Å². The molecule has 13 nitrogen and oxygen atoms in total. The Kier molecular flexibility index (Phi) is 10.4. The molecule has 5 N–H and O–H groups in total. The van der Waals surface area contributed by atoms with Gasteiger partial charge in [-0.05, 0) is 13.3 Å². The molecule has 0 spiro atoms. The quantitative estimate of drug-likeness (QED) is 0.188. The van der Waals surface area contributed by atoms with Gasteiger partial charge in [-0.1, -0.05) is 0 Å². The number of nitrogens with one attached hydrogen (secondary N) is 4. The average Bonchev–Trinajstić information content (AvgIpc) is 3.05. The predicted molar refractivity (Wildman–Crippen MR) is 104 cm³/mol. The van der Waals surface area contributed by atoms with Crippen LogP contribution in [-0.2, 0) is 33.6 Å². The first-order chi connectivity index (χ1) is 14.6. The number of imide groups is 1. The van der Waals surface area contributed by atoms with Crippen LogP contribution in [0.4, 0.5) is 0 Å². The summed E-state index contributed by atoms with van der Waals surface area (Å²) in [6.07, 6.45) is 2.29. The van der Waals surface area contributed by atoms with Crippen molar-refractivity contribution in [1.82, 2.24) is 26.2 Å². The van der Waals surface area contributed by atoms with E-state index in [9.17, 15) is 33.6 Å². The molecule has 6 amide bonds. The zero-order chi connectivity index (χ0) is 23.4. The van der Waals surface area contributed by atoms with Crippen LogP contribution >= 0.6 is 0 Å². The number of amides is 6. The van der Waals surface area contributed by atoms with Gasteiger partial charge in [-0.15, -0.1) is 0 Å².